The Morgan fingerprint density at radius 3 is 2.19 bits per heavy atom. The minimum atomic E-state index is -5.58. The van der Waals surface area contributed by atoms with Crippen molar-refractivity contribution in [1.29, 1.82) is 0 Å². The van der Waals surface area contributed by atoms with E-state index in [0.717, 1.165) is 24.8 Å². The molecule has 0 N–H and O–H groups in total. The molecule has 202 valence electrons. The highest BCUT2D eigenvalue weighted by atomic mass is 19.4. The van der Waals surface area contributed by atoms with Crippen LogP contribution in [-0.4, -0.2) is 27.7 Å². The van der Waals surface area contributed by atoms with E-state index in [1.54, 1.807) is 23.6 Å². The van der Waals surface area contributed by atoms with Gasteiger partial charge in [0.1, 0.15) is 17.4 Å². The normalized spacial score (nSPS) is 19.4. The Labute approximate surface area is 208 Å². The van der Waals surface area contributed by atoms with Crippen molar-refractivity contribution in [2.24, 2.45) is 17.8 Å². The van der Waals surface area contributed by atoms with Crippen LogP contribution in [0.1, 0.15) is 67.7 Å². The van der Waals surface area contributed by atoms with E-state index in [0.29, 0.717) is 17.8 Å². The largest absolute Gasteiger partial charge is 0.400 e. The maximum atomic E-state index is 13.7. The van der Waals surface area contributed by atoms with Crippen LogP contribution in [0.5, 0.6) is 0 Å². The van der Waals surface area contributed by atoms with Gasteiger partial charge in [-0.1, -0.05) is 25.5 Å². The number of hydrogen-bond acceptors (Lipinski definition) is 3. The number of carbonyl (C=O) groups excluding carboxylic acids is 1. The zero-order valence-corrected chi connectivity index (χ0v) is 20.1. The lowest BCUT2D eigenvalue weighted by Gasteiger charge is -2.37. The Balaban J connectivity index is 1.66. The highest BCUT2D eigenvalue weighted by Crippen LogP contribution is 2.43. The number of nitrogens with zero attached hydrogens (tertiary/aromatic N) is 2. The van der Waals surface area contributed by atoms with Crippen molar-refractivity contribution in [3.8, 4) is 0 Å². The fraction of sp³-hybridized carbons (Fsp3) is 0.577. The molecule has 0 aliphatic heterocycles. The number of aromatic nitrogens is 2. The van der Waals surface area contributed by atoms with Gasteiger partial charge < -0.3 is 0 Å². The van der Waals surface area contributed by atoms with Crippen molar-refractivity contribution in [2.45, 2.75) is 76.7 Å². The molecular weight excluding hydrogens is 505 g/mol. The Bertz CT molecular complexity index is 1180. The lowest BCUT2D eigenvalue weighted by atomic mass is 9.76. The van der Waals surface area contributed by atoms with Crippen molar-refractivity contribution < 1.29 is 35.5 Å². The van der Waals surface area contributed by atoms with Crippen LogP contribution in [0.25, 0.3) is 0 Å². The van der Waals surface area contributed by atoms with Gasteiger partial charge in [-0.05, 0) is 55.7 Å². The van der Waals surface area contributed by atoms with Gasteiger partial charge in [-0.3, -0.25) is 14.2 Å². The maximum Gasteiger partial charge on any atom is 0.400 e. The quantitative estimate of drug-likeness (QED) is 0.403. The zero-order valence-electron chi connectivity index (χ0n) is 20.1. The molecular formula is C26H27F7N2O2. The molecule has 0 radical (unpaired) electrons. The van der Waals surface area contributed by atoms with E-state index in [4.69, 9.17) is 0 Å². The minimum absolute atomic E-state index is 0.0265. The van der Waals surface area contributed by atoms with Crippen LogP contribution < -0.4 is 5.56 Å². The van der Waals surface area contributed by atoms with Crippen molar-refractivity contribution in [3.05, 3.63) is 63.1 Å². The number of fused-ring (bicyclic) bond motifs is 1. The summed E-state index contributed by atoms with van der Waals surface area (Å²) in [6.45, 7) is 1.79. The number of benzene rings is 1. The van der Waals surface area contributed by atoms with Crippen LogP contribution in [0.3, 0.4) is 0 Å². The summed E-state index contributed by atoms with van der Waals surface area (Å²) in [6.07, 6.45) is -9.92. The van der Waals surface area contributed by atoms with Crippen LogP contribution in [-0.2, 0) is 24.1 Å². The highest BCUT2D eigenvalue weighted by molar-refractivity contribution is 5.82. The first-order chi connectivity index (χ1) is 17.3. The van der Waals surface area contributed by atoms with Crippen LogP contribution in [0.15, 0.2) is 29.1 Å². The second-order valence-electron chi connectivity index (χ2n) is 9.92. The average Bonchev–Trinajstić information content (AvgIpc) is 2.78. The Kier molecular flexibility index (Phi) is 7.54. The van der Waals surface area contributed by atoms with Gasteiger partial charge >= 0.3 is 12.4 Å². The number of alkyl halides is 6. The molecule has 1 aromatic carbocycles. The summed E-state index contributed by atoms with van der Waals surface area (Å²) in [6, 6.07) is 5.56. The van der Waals surface area contributed by atoms with Crippen LogP contribution >= 0.6 is 0 Å². The second-order valence-corrected chi connectivity index (χ2v) is 9.92. The molecule has 1 aromatic heterocycles. The molecule has 0 amide bonds. The molecule has 1 fully saturated rings. The van der Waals surface area contributed by atoms with E-state index in [2.05, 4.69) is 4.98 Å². The van der Waals surface area contributed by atoms with Crippen LogP contribution in [0.2, 0.25) is 0 Å². The predicted octanol–water partition coefficient (Wildman–Crippen LogP) is 6.14. The Hall–Kier alpha value is -2.72. The molecule has 0 saturated heterocycles. The van der Waals surface area contributed by atoms with Gasteiger partial charge in [0.05, 0.1) is 11.7 Å². The summed E-state index contributed by atoms with van der Waals surface area (Å²) in [7, 11) is 0. The van der Waals surface area contributed by atoms with Crippen molar-refractivity contribution in [3.63, 3.8) is 0 Å². The molecule has 1 saturated carbocycles. The fourth-order valence-electron chi connectivity index (χ4n) is 5.38. The number of carbonyl (C=O) groups is 1. The van der Waals surface area contributed by atoms with E-state index in [1.807, 2.05) is 0 Å². The lowest BCUT2D eigenvalue weighted by molar-refractivity contribution is -0.284. The summed E-state index contributed by atoms with van der Waals surface area (Å²) in [4.78, 5) is 30.8. The predicted molar refractivity (Wildman–Crippen MR) is 120 cm³/mol. The molecule has 37 heavy (non-hydrogen) atoms. The van der Waals surface area contributed by atoms with Crippen molar-refractivity contribution in [2.75, 3.05) is 0 Å². The van der Waals surface area contributed by atoms with Crippen LogP contribution in [0.4, 0.5) is 30.7 Å². The first kappa shape index (κ1) is 27.3. The first-order valence-corrected chi connectivity index (χ1v) is 12.4. The summed E-state index contributed by atoms with van der Waals surface area (Å²) in [5.41, 5.74) is 1.02. The third kappa shape index (κ3) is 5.60. The number of rotatable bonds is 7. The molecule has 4 rings (SSSR count). The molecule has 0 bridgehead atoms. The second kappa shape index (κ2) is 10.2. The standard InChI is InChI=1S/C26H27F7N2O2/c1-2-22-34-19-12-16(20(36)13-21(25(28,29)30)26(31,32)33)8-11-18(19)24(37)35(22)23(14-4-3-5-14)15-6-9-17(27)10-7-15/h6-7,9-10,14,16,21,23H,2-5,8,11-13H2,1H3. The molecule has 2 aliphatic rings. The maximum absolute atomic E-state index is 13.7. The Morgan fingerprint density at radius 2 is 1.68 bits per heavy atom. The number of hydrogen-bond donors (Lipinski definition) is 0. The summed E-state index contributed by atoms with van der Waals surface area (Å²) in [5, 5.41) is 0. The van der Waals surface area contributed by atoms with Gasteiger partial charge in [-0.2, -0.15) is 26.3 Å². The molecule has 1 heterocycles. The van der Waals surface area contributed by atoms with Gasteiger partial charge in [0.25, 0.3) is 5.56 Å². The fourth-order valence-corrected chi connectivity index (χ4v) is 5.38. The van der Waals surface area contributed by atoms with Crippen molar-refractivity contribution in [1.82, 2.24) is 9.55 Å². The lowest BCUT2D eigenvalue weighted by Crippen LogP contribution is -2.41. The SMILES string of the molecule is CCc1nc2c(c(=O)n1C(c1ccc(F)cc1)C1CCC1)CCC(C(=O)CC(C(F)(F)F)C(F)(F)F)C2. The number of aryl methyl sites for hydroxylation is 1. The highest BCUT2D eigenvalue weighted by Gasteiger charge is 2.57. The molecule has 4 nitrogen and oxygen atoms in total. The third-order valence-corrected chi connectivity index (χ3v) is 7.60. The van der Waals surface area contributed by atoms with E-state index in [1.165, 1.54) is 12.1 Å². The summed E-state index contributed by atoms with van der Waals surface area (Å²) in [5.74, 6) is -5.77. The summed E-state index contributed by atoms with van der Waals surface area (Å²) < 4.78 is 93.0. The van der Waals surface area contributed by atoms with E-state index in [-0.39, 0.29) is 42.5 Å². The number of halogens is 7. The topological polar surface area (TPSA) is 52.0 Å². The molecule has 0 spiro atoms. The van der Waals surface area contributed by atoms with E-state index >= 15 is 0 Å². The van der Waals surface area contributed by atoms with Gasteiger partial charge in [-0.25, -0.2) is 9.37 Å². The number of ketones is 1. The van der Waals surface area contributed by atoms with Gasteiger partial charge in [-0.15, -0.1) is 0 Å². The van der Waals surface area contributed by atoms with Gasteiger partial charge in [0.2, 0.25) is 0 Å². The first-order valence-electron chi connectivity index (χ1n) is 12.4. The average molecular weight is 533 g/mol. The monoisotopic (exact) mass is 532 g/mol. The van der Waals surface area contributed by atoms with Crippen molar-refractivity contribution >= 4 is 5.78 Å². The molecule has 2 aliphatic carbocycles. The van der Waals surface area contributed by atoms with E-state index < -0.39 is 42.2 Å². The third-order valence-electron chi connectivity index (χ3n) is 7.60. The molecule has 2 unspecified atom stereocenters. The smallest absolute Gasteiger partial charge is 0.299 e. The Morgan fingerprint density at radius 1 is 1.05 bits per heavy atom. The number of Topliss-reactive ketones (excluding diaryl/α,β-unsaturated/α-hetero) is 1. The van der Waals surface area contributed by atoms with Crippen LogP contribution in [0, 0.1) is 23.6 Å². The molecule has 2 atom stereocenters. The minimum Gasteiger partial charge on any atom is -0.299 e. The van der Waals surface area contributed by atoms with Gasteiger partial charge in [0.15, 0.2) is 5.92 Å². The zero-order chi connectivity index (χ0) is 27.1. The summed E-state index contributed by atoms with van der Waals surface area (Å²) >= 11 is 0. The molecule has 11 heteroatoms. The van der Waals surface area contributed by atoms with E-state index in [9.17, 15) is 40.3 Å². The van der Waals surface area contributed by atoms with Gasteiger partial charge in [0, 0.05) is 24.3 Å². The molecule has 2 aromatic rings.